The Morgan fingerprint density at radius 3 is 2.28 bits per heavy atom. The highest BCUT2D eigenvalue weighted by molar-refractivity contribution is 8.00. The highest BCUT2D eigenvalue weighted by Crippen LogP contribution is 2.24. The molecule has 0 bridgehead atoms. The number of aliphatic hydroxyl groups is 1. The average molecular weight is 273 g/mol. The molecule has 2 fully saturated rings. The van der Waals surface area contributed by atoms with E-state index in [0.717, 1.165) is 52.4 Å². The Morgan fingerprint density at radius 1 is 1.11 bits per heavy atom. The van der Waals surface area contributed by atoms with E-state index in [9.17, 15) is 5.11 Å². The van der Waals surface area contributed by atoms with Crippen molar-refractivity contribution in [2.45, 2.75) is 30.5 Å². The zero-order valence-corrected chi connectivity index (χ0v) is 12.5. The molecule has 0 radical (unpaired) electrons. The quantitative estimate of drug-likeness (QED) is 0.759. The van der Waals surface area contributed by atoms with Crippen LogP contribution in [0.15, 0.2) is 0 Å². The third-order valence-electron chi connectivity index (χ3n) is 3.64. The topological polar surface area (TPSA) is 38.7 Å². The summed E-state index contributed by atoms with van der Waals surface area (Å²) < 4.78 is 0. The van der Waals surface area contributed by atoms with E-state index in [1.54, 1.807) is 0 Å². The van der Waals surface area contributed by atoms with Crippen molar-refractivity contribution >= 4 is 11.8 Å². The number of nitrogens with one attached hydrogen (secondary N) is 1. The van der Waals surface area contributed by atoms with Crippen LogP contribution in [-0.4, -0.2) is 83.9 Å². The van der Waals surface area contributed by atoms with Crippen LogP contribution in [0, 0.1) is 0 Å². The molecule has 3 unspecified atom stereocenters. The largest absolute Gasteiger partial charge is 0.390 e. The SMILES string of the molecule is CC1CN(CC(O)CN2CCNCC2)CC(C)S1. The molecule has 5 heteroatoms. The molecule has 0 aliphatic carbocycles. The predicted octanol–water partition coefficient (Wildman–Crippen LogP) is 0.0783. The van der Waals surface area contributed by atoms with Crippen molar-refractivity contribution in [3.63, 3.8) is 0 Å². The number of nitrogens with zero attached hydrogens (tertiary/aromatic N) is 2. The number of hydrogen-bond acceptors (Lipinski definition) is 5. The second kappa shape index (κ2) is 7.10. The maximum Gasteiger partial charge on any atom is 0.0793 e. The van der Waals surface area contributed by atoms with E-state index in [0.29, 0.717) is 10.5 Å². The van der Waals surface area contributed by atoms with E-state index in [4.69, 9.17) is 0 Å². The Kier molecular flexibility index (Phi) is 5.76. The van der Waals surface area contributed by atoms with Gasteiger partial charge in [-0.3, -0.25) is 9.80 Å². The van der Waals surface area contributed by atoms with Gasteiger partial charge in [-0.15, -0.1) is 0 Å². The van der Waals surface area contributed by atoms with E-state index in [1.807, 2.05) is 0 Å². The van der Waals surface area contributed by atoms with Gasteiger partial charge in [0.25, 0.3) is 0 Å². The first-order valence-electron chi connectivity index (χ1n) is 7.12. The average Bonchev–Trinajstić information content (AvgIpc) is 2.28. The summed E-state index contributed by atoms with van der Waals surface area (Å²) in [5.41, 5.74) is 0. The Balaban J connectivity index is 1.70. The molecule has 3 atom stereocenters. The summed E-state index contributed by atoms with van der Waals surface area (Å²) >= 11 is 2.07. The highest BCUT2D eigenvalue weighted by Gasteiger charge is 2.24. The summed E-state index contributed by atoms with van der Waals surface area (Å²) in [6, 6.07) is 0. The van der Waals surface area contributed by atoms with Crippen LogP contribution in [0.25, 0.3) is 0 Å². The minimum atomic E-state index is -0.203. The summed E-state index contributed by atoms with van der Waals surface area (Å²) in [5, 5.41) is 14.9. The number of thioether (sulfide) groups is 1. The van der Waals surface area contributed by atoms with Crippen LogP contribution in [0.3, 0.4) is 0 Å². The Morgan fingerprint density at radius 2 is 1.67 bits per heavy atom. The number of hydrogen-bond donors (Lipinski definition) is 2. The number of aliphatic hydroxyl groups excluding tert-OH is 1. The third kappa shape index (κ3) is 4.70. The first kappa shape index (κ1) is 14.6. The second-order valence-corrected chi connectivity index (χ2v) is 7.56. The van der Waals surface area contributed by atoms with Crippen molar-refractivity contribution < 1.29 is 5.11 Å². The van der Waals surface area contributed by atoms with Gasteiger partial charge in [0.2, 0.25) is 0 Å². The molecule has 4 nitrogen and oxygen atoms in total. The zero-order valence-electron chi connectivity index (χ0n) is 11.6. The molecular formula is C13H27N3OS. The van der Waals surface area contributed by atoms with Gasteiger partial charge in [-0.25, -0.2) is 0 Å². The standard InChI is InChI=1S/C13H27N3OS/c1-11-7-16(8-12(2)18-11)10-13(17)9-15-5-3-14-4-6-15/h11-14,17H,3-10H2,1-2H3. The molecule has 2 aliphatic heterocycles. The van der Waals surface area contributed by atoms with Crippen LogP contribution >= 0.6 is 11.8 Å². The van der Waals surface area contributed by atoms with Crippen LogP contribution in [-0.2, 0) is 0 Å². The molecule has 0 aromatic rings. The van der Waals surface area contributed by atoms with Gasteiger partial charge in [0.15, 0.2) is 0 Å². The lowest BCUT2D eigenvalue weighted by Gasteiger charge is -2.37. The molecule has 2 heterocycles. The van der Waals surface area contributed by atoms with Gasteiger partial charge in [-0.1, -0.05) is 13.8 Å². The lowest BCUT2D eigenvalue weighted by atomic mass is 10.2. The summed E-state index contributed by atoms with van der Waals surface area (Å²) in [6.45, 7) is 12.7. The Bertz CT molecular complexity index is 238. The normalized spacial score (nSPS) is 33.5. The maximum absolute atomic E-state index is 10.2. The summed E-state index contributed by atoms with van der Waals surface area (Å²) in [7, 11) is 0. The monoisotopic (exact) mass is 273 g/mol. The second-order valence-electron chi connectivity index (χ2n) is 5.68. The number of piperazine rings is 1. The highest BCUT2D eigenvalue weighted by atomic mass is 32.2. The molecule has 2 rings (SSSR count). The zero-order chi connectivity index (χ0) is 13.0. The van der Waals surface area contributed by atoms with Gasteiger partial charge in [-0.05, 0) is 0 Å². The van der Waals surface area contributed by atoms with Crippen molar-refractivity contribution in [1.82, 2.24) is 15.1 Å². The molecule has 0 aromatic carbocycles. The number of β-amino-alcohol motifs (C(OH)–C–C–N with tert-alkyl or cyclic N) is 1. The van der Waals surface area contributed by atoms with Crippen LogP contribution in [0.1, 0.15) is 13.8 Å². The van der Waals surface area contributed by atoms with Crippen LogP contribution < -0.4 is 5.32 Å². The van der Waals surface area contributed by atoms with E-state index >= 15 is 0 Å². The van der Waals surface area contributed by atoms with Crippen LogP contribution in [0.2, 0.25) is 0 Å². The van der Waals surface area contributed by atoms with Crippen molar-refractivity contribution in [2.24, 2.45) is 0 Å². The first-order valence-corrected chi connectivity index (χ1v) is 8.06. The van der Waals surface area contributed by atoms with E-state index in [1.165, 1.54) is 0 Å². The molecule has 0 saturated carbocycles. The molecule has 18 heavy (non-hydrogen) atoms. The summed E-state index contributed by atoms with van der Waals surface area (Å²) in [5.74, 6) is 0. The predicted molar refractivity (Wildman–Crippen MR) is 78.3 cm³/mol. The van der Waals surface area contributed by atoms with Gasteiger partial charge in [0, 0.05) is 62.9 Å². The maximum atomic E-state index is 10.2. The third-order valence-corrected chi connectivity index (χ3v) is 4.87. The van der Waals surface area contributed by atoms with Gasteiger partial charge in [-0.2, -0.15) is 11.8 Å². The summed E-state index contributed by atoms with van der Waals surface area (Å²) in [6.07, 6.45) is -0.203. The van der Waals surface area contributed by atoms with Crippen LogP contribution in [0.4, 0.5) is 0 Å². The minimum Gasteiger partial charge on any atom is -0.390 e. The minimum absolute atomic E-state index is 0.203. The fraction of sp³-hybridized carbons (Fsp3) is 1.00. The first-order chi connectivity index (χ1) is 8.63. The van der Waals surface area contributed by atoms with Crippen molar-refractivity contribution in [1.29, 1.82) is 0 Å². The lowest BCUT2D eigenvalue weighted by Crippen LogP contribution is -2.50. The fourth-order valence-electron chi connectivity index (χ4n) is 2.98. The molecule has 0 aromatic heterocycles. The molecule has 0 amide bonds. The fourth-order valence-corrected chi connectivity index (χ4v) is 4.37. The van der Waals surface area contributed by atoms with Gasteiger partial charge in [0.05, 0.1) is 6.10 Å². The van der Waals surface area contributed by atoms with Crippen molar-refractivity contribution in [2.75, 3.05) is 52.4 Å². The lowest BCUT2D eigenvalue weighted by molar-refractivity contribution is 0.0689. The molecule has 2 aliphatic rings. The molecule has 2 N–H and O–H groups in total. The smallest absolute Gasteiger partial charge is 0.0793 e. The molecule has 0 spiro atoms. The molecule has 106 valence electrons. The van der Waals surface area contributed by atoms with E-state index in [-0.39, 0.29) is 6.10 Å². The Labute approximate surface area is 115 Å². The molecule has 2 saturated heterocycles. The van der Waals surface area contributed by atoms with Crippen molar-refractivity contribution in [3.8, 4) is 0 Å². The number of rotatable bonds is 4. The molecular weight excluding hydrogens is 246 g/mol. The van der Waals surface area contributed by atoms with Gasteiger partial charge >= 0.3 is 0 Å². The van der Waals surface area contributed by atoms with E-state index < -0.39 is 0 Å². The Hall–Kier alpha value is 0.190. The van der Waals surface area contributed by atoms with Gasteiger partial charge < -0.3 is 10.4 Å². The van der Waals surface area contributed by atoms with Crippen molar-refractivity contribution in [3.05, 3.63) is 0 Å². The van der Waals surface area contributed by atoms with E-state index in [2.05, 4.69) is 40.7 Å². The van der Waals surface area contributed by atoms with Gasteiger partial charge in [0.1, 0.15) is 0 Å². The summed E-state index contributed by atoms with van der Waals surface area (Å²) in [4.78, 5) is 4.80. The van der Waals surface area contributed by atoms with Crippen LogP contribution in [0.5, 0.6) is 0 Å².